The molecule has 0 aliphatic rings. The van der Waals surface area contributed by atoms with Gasteiger partial charge in [-0.25, -0.2) is 5.43 Å². The third-order valence-corrected chi connectivity index (χ3v) is 6.71. The number of para-hydroxylation sites is 1. The number of hydrogen-bond donors (Lipinski definition) is 1. The van der Waals surface area contributed by atoms with Crippen LogP contribution >= 0.6 is 0 Å². The van der Waals surface area contributed by atoms with Gasteiger partial charge < -0.3 is 18.3 Å². The second-order valence-electron chi connectivity index (χ2n) is 9.68. The average molecular weight is 509 g/mol. The van der Waals surface area contributed by atoms with Gasteiger partial charge in [0.25, 0.3) is 0 Å². The minimum absolute atomic E-state index is 0.177. The van der Waals surface area contributed by atoms with E-state index in [4.69, 9.17) is 9.15 Å². The number of hydrazone groups is 1. The Kier molecular flexibility index (Phi) is 6.92. The van der Waals surface area contributed by atoms with Crippen molar-refractivity contribution in [2.24, 2.45) is 5.10 Å². The molecule has 194 valence electrons. The molecular weight excluding hydrogens is 476 g/mol. The minimum atomic E-state index is -0.417. The van der Waals surface area contributed by atoms with Gasteiger partial charge in [-0.1, -0.05) is 18.2 Å². The van der Waals surface area contributed by atoms with Crippen molar-refractivity contribution >= 4 is 23.0 Å². The lowest BCUT2D eigenvalue weighted by molar-refractivity contribution is 0.0923. The van der Waals surface area contributed by atoms with E-state index in [0.717, 1.165) is 33.6 Å². The summed E-state index contributed by atoms with van der Waals surface area (Å²) in [5.74, 6) is 1.03. The summed E-state index contributed by atoms with van der Waals surface area (Å²) < 4.78 is 16.0. The van der Waals surface area contributed by atoms with Crippen LogP contribution in [0.4, 0.5) is 0 Å². The highest BCUT2D eigenvalue weighted by atomic mass is 16.5. The van der Waals surface area contributed by atoms with Gasteiger partial charge in [-0.2, -0.15) is 5.10 Å². The van der Waals surface area contributed by atoms with Crippen molar-refractivity contribution in [3.8, 4) is 11.4 Å². The maximum Gasteiger partial charge on any atom is 0.307 e. The highest BCUT2D eigenvalue weighted by molar-refractivity contribution is 6.01. The number of fused-ring (bicyclic) bond motifs is 1. The summed E-state index contributed by atoms with van der Waals surface area (Å²) in [6.07, 6.45) is 1.70. The molecule has 1 N–H and O–H groups in total. The Morgan fingerprint density at radius 3 is 2.39 bits per heavy atom. The number of amides is 1. The van der Waals surface area contributed by atoms with Gasteiger partial charge in [0.1, 0.15) is 18.1 Å². The number of aromatic nitrogens is 2. The Balaban J connectivity index is 1.21. The number of nitrogens with zero attached hydrogens (tertiary/aromatic N) is 3. The van der Waals surface area contributed by atoms with Crippen LogP contribution in [0, 0.1) is 20.8 Å². The van der Waals surface area contributed by atoms with Crippen molar-refractivity contribution in [2.75, 3.05) is 0 Å². The van der Waals surface area contributed by atoms with E-state index in [1.165, 1.54) is 11.4 Å². The highest BCUT2D eigenvalue weighted by Gasteiger charge is 2.15. The molecule has 0 aliphatic carbocycles. The van der Waals surface area contributed by atoms with Crippen molar-refractivity contribution in [2.45, 2.75) is 47.3 Å². The molecule has 0 radical (unpaired) electrons. The van der Waals surface area contributed by atoms with Crippen molar-refractivity contribution < 1.29 is 13.9 Å². The molecule has 38 heavy (non-hydrogen) atoms. The molecule has 7 nitrogen and oxygen atoms in total. The Morgan fingerprint density at radius 1 is 0.974 bits per heavy atom. The van der Waals surface area contributed by atoms with Gasteiger partial charge in [0, 0.05) is 45.3 Å². The van der Waals surface area contributed by atoms with Crippen LogP contribution in [-0.4, -0.2) is 21.3 Å². The fourth-order valence-corrected chi connectivity index (χ4v) is 4.95. The minimum Gasteiger partial charge on any atom is -0.486 e. The van der Waals surface area contributed by atoms with Gasteiger partial charge in [-0.15, -0.1) is 0 Å². The van der Waals surface area contributed by atoms with Crippen molar-refractivity contribution in [3.63, 3.8) is 0 Å². The molecule has 2 aromatic carbocycles. The second-order valence-corrected chi connectivity index (χ2v) is 9.68. The molecule has 3 heterocycles. The molecular formula is C31H32N4O3. The lowest BCUT2D eigenvalue weighted by atomic mass is 10.1. The van der Waals surface area contributed by atoms with E-state index in [0.29, 0.717) is 11.8 Å². The highest BCUT2D eigenvalue weighted by Crippen LogP contribution is 2.28. The van der Waals surface area contributed by atoms with E-state index in [-0.39, 0.29) is 12.4 Å². The standard InChI is InChI=1S/C31H32N4O3/c1-20(2)34-23(5)28(27-8-6-7-9-29(27)34)18-32-33-31(36)30-17-16-26(38-30)19-37-25-14-12-24(13-15-25)35-21(3)10-11-22(35)4/h6-18,20H,19H2,1-5H3,(H,33,36)/b32-18+. The molecule has 0 fully saturated rings. The predicted molar refractivity (Wildman–Crippen MR) is 150 cm³/mol. The Bertz CT molecular complexity index is 1600. The van der Waals surface area contributed by atoms with Crippen molar-refractivity contribution in [1.29, 1.82) is 0 Å². The largest absolute Gasteiger partial charge is 0.486 e. The van der Waals surface area contributed by atoms with E-state index < -0.39 is 5.91 Å². The second kappa shape index (κ2) is 10.5. The van der Waals surface area contributed by atoms with Crippen LogP contribution in [0.15, 0.2) is 82.3 Å². The zero-order chi connectivity index (χ0) is 26.8. The van der Waals surface area contributed by atoms with Gasteiger partial charge in [-0.05, 0) is 89.2 Å². The summed E-state index contributed by atoms with van der Waals surface area (Å²) in [7, 11) is 0. The number of hydrogen-bond acceptors (Lipinski definition) is 4. The molecule has 0 saturated heterocycles. The summed E-state index contributed by atoms with van der Waals surface area (Å²) in [5.41, 5.74) is 9.25. The van der Waals surface area contributed by atoms with Gasteiger partial charge in [0.15, 0.2) is 5.76 Å². The first-order valence-electron chi connectivity index (χ1n) is 12.7. The molecule has 0 aliphatic heterocycles. The number of aryl methyl sites for hydroxylation is 2. The summed E-state index contributed by atoms with van der Waals surface area (Å²) in [5, 5.41) is 5.31. The van der Waals surface area contributed by atoms with Crippen LogP contribution in [0.25, 0.3) is 16.6 Å². The molecule has 0 atom stereocenters. The first kappa shape index (κ1) is 25.1. The lowest BCUT2D eigenvalue weighted by Gasteiger charge is -2.12. The maximum atomic E-state index is 12.6. The third kappa shape index (κ3) is 4.87. The number of carbonyl (C=O) groups is 1. The Hall–Kier alpha value is -4.52. The molecule has 5 rings (SSSR count). The molecule has 3 aromatic heterocycles. The van der Waals surface area contributed by atoms with Crippen molar-refractivity contribution in [3.05, 3.63) is 107 Å². The topological polar surface area (TPSA) is 73.7 Å². The van der Waals surface area contributed by atoms with Crippen LogP contribution in [0.5, 0.6) is 5.75 Å². The monoisotopic (exact) mass is 508 g/mol. The fraction of sp³-hybridized carbons (Fsp3) is 0.226. The molecule has 0 unspecified atom stereocenters. The number of carbonyl (C=O) groups excluding carboxylic acids is 1. The van der Waals surface area contributed by atoms with Crippen LogP contribution in [0.3, 0.4) is 0 Å². The summed E-state index contributed by atoms with van der Waals surface area (Å²) in [6.45, 7) is 10.8. The van der Waals surface area contributed by atoms with E-state index in [9.17, 15) is 4.79 Å². The van der Waals surface area contributed by atoms with Crippen LogP contribution in [-0.2, 0) is 6.61 Å². The molecule has 1 amide bonds. The Morgan fingerprint density at radius 2 is 1.68 bits per heavy atom. The molecule has 5 aromatic rings. The number of benzene rings is 2. The molecule has 0 saturated carbocycles. The van der Waals surface area contributed by atoms with Gasteiger partial charge >= 0.3 is 5.91 Å². The SMILES string of the molecule is Cc1ccc(C)n1-c1ccc(OCc2ccc(C(=O)N/N=C/c3c(C)n(C(C)C)c4ccccc34)o2)cc1. The number of furan rings is 1. The number of nitrogens with one attached hydrogen (secondary N) is 1. The lowest BCUT2D eigenvalue weighted by Crippen LogP contribution is -2.17. The van der Waals surface area contributed by atoms with Crippen molar-refractivity contribution in [1.82, 2.24) is 14.6 Å². The third-order valence-electron chi connectivity index (χ3n) is 6.71. The van der Waals surface area contributed by atoms with Gasteiger partial charge in [0.2, 0.25) is 0 Å². The summed E-state index contributed by atoms with van der Waals surface area (Å²) in [6, 6.07) is 24.0. The molecule has 7 heteroatoms. The quantitative estimate of drug-likeness (QED) is 0.184. The van der Waals surface area contributed by atoms with Crippen LogP contribution in [0.1, 0.15) is 58.8 Å². The van der Waals surface area contributed by atoms with E-state index in [2.05, 4.69) is 78.5 Å². The zero-order valence-electron chi connectivity index (χ0n) is 22.4. The van der Waals surface area contributed by atoms with Crippen LogP contribution < -0.4 is 10.2 Å². The van der Waals surface area contributed by atoms with Gasteiger partial charge in [-0.3, -0.25) is 4.79 Å². The molecule has 0 spiro atoms. The Labute approximate surface area is 222 Å². The van der Waals surface area contributed by atoms with E-state index in [1.54, 1.807) is 18.3 Å². The normalized spacial score (nSPS) is 11.6. The zero-order valence-corrected chi connectivity index (χ0v) is 22.4. The smallest absolute Gasteiger partial charge is 0.307 e. The van der Waals surface area contributed by atoms with Crippen LogP contribution in [0.2, 0.25) is 0 Å². The van der Waals surface area contributed by atoms with E-state index >= 15 is 0 Å². The summed E-state index contributed by atoms with van der Waals surface area (Å²) in [4.78, 5) is 12.6. The number of rotatable bonds is 8. The predicted octanol–water partition coefficient (Wildman–Crippen LogP) is 6.87. The average Bonchev–Trinajstić information content (AvgIpc) is 3.59. The van der Waals surface area contributed by atoms with Gasteiger partial charge in [0.05, 0.1) is 6.21 Å². The maximum absolute atomic E-state index is 12.6. The fourth-order valence-electron chi connectivity index (χ4n) is 4.95. The number of ether oxygens (including phenoxy) is 1. The summed E-state index contributed by atoms with van der Waals surface area (Å²) >= 11 is 0. The van der Waals surface area contributed by atoms with E-state index in [1.807, 2.05) is 36.4 Å². The first-order chi connectivity index (χ1) is 18.3. The molecule has 0 bridgehead atoms. The first-order valence-corrected chi connectivity index (χ1v) is 12.7.